The molecule has 0 spiro atoms. The van der Waals surface area contributed by atoms with E-state index in [2.05, 4.69) is 76.7 Å². The Morgan fingerprint density at radius 1 is 0.833 bits per heavy atom. The smallest absolute Gasteiger partial charge is 0.140 e. The molecule has 1 saturated carbocycles. The van der Waals surface area contributed by atoms with Crippen LogP contribution in [0.4, 0.5) is 0 Å². The fourth-order valence-electron chi connectivity index (χ4n) is 6.28. The molecular weight excluding hydrogens is 442 g/mol. The lowest BCUT2D eigenvalue weighted by molar-refractivity contribution is -0.124. The molecule has 0 radical (unpaired) electrons. The van der Waals surface area contributed by atoms with Crippen molar-refractivity contribution in [2.75, 3.05) is 39.3 Å². The molecule has 36 heavy (non-hydrogen) atoms. The zero-order chi connectivity index (χ0) is 25.4. The summed E-state index contributed by atoms with van der Waals surface area (Å²) in [6, 6.07) is 21.6. The number of hydrogen-bond donors (Lipinski definition) is 0. The molecular formula is C32H45N3O. The summed E-state index contributed by atoms with van der Waals surface area (Å²) in [6.07, 6.45) is 8.50. The maximum Gasteiger partial charge on any atom is 0.140 e. The number of likely N-dealkylation sites (tertiary alicyclic amines) is 1. The Morgan fingerprint density at radius 2 is 1.36 bits per heavy atom. The number of hydrogen-bond acceptors (Lipinski definition) is 4. The summed E-state index contributed by atoms with van der Waals surface area (Å²) in [5, 5.41) is 0. The van der Waals surface area contributed by atoms with Crippen molar-refractivity contribution in [3.8, 4) is 0 Å². The first-order valence-corrected chi connectivity index (χ1v) is 14.1. The van der Waals surface area contributed by atoms with Gasteiger partial charge in [0.2, 0.25) is 0 Å². The molecule has 1 aliphatic carbocycles. The number of benzene rings is 2. The van der Waals surface area contributed by atoms with Gasteiger partial charge in [-0.15, -0.1) is 0 Å². The fraction of sp³-hybridized carbons (Fsp3) is 0.531. The van der Waals surface area contributed by atoms with Crippen molar-refractivity contribution in [3.63, 3.8) is 0 Å². The molecule has 0 atom stereocenters. The molecule has 2 aromatic rings. The van der Waals surface area contributed by atoms with E-state index < -0.39 is 0 Å². The molecule has 0 bridgehead atoms. The number of rotatable bonds is 6. The first-order chi connectivity index (χ1) is 17.5. The third-order valence-electron chi connectivity index (χ3n) is 8.75. The lowest BCUT2D eigenvalue weighted by Gasteiger charge is -2.46. The second kappa shape index (κ2) is 12.6. The van der Waals surface area contributed by atoms with Gasteiger partial charge in [0.15, 0.2) is 0 Å². The first kappa shape index (κ1) is 26.5. The van der Waals surface area contributed by atoms with Crippen LogP contribution in [0.5, 0.6) is 0 Å². The molecule has 5 rings (SSSR count). The summed E-state index contributed by atoms with van der Waals surface area (Å²) in [6.45, 7) is 14.7. The third-order valence-corrected chi connectivity index (χ3v) is 8.75. The molecule has 194 valence electrons. The Balaban J connectivity index is 0.000000325. The van der Waals surface area contributed by atoms with E-state index in [1.807, 2.05) is 12.1 Å². The number of carbonyl (C=O) groups is 1. The Kier molecular flexibility index (Phi) is 9.25. The highest BCUT2D eigenvalue weighted by molar-refractivity contribution is 5.88. The largest absolute Gasteiger partial charge is 0.359 e. The number of aryl methyl sites for hydroxylation is 1. The zero-order valence-corrected chi connectivity index (χ0v) is 22.5. The highest BCUT2D eigenvalue weighted by Gasteiger charge is 2.41. The Bertz CT molecular complexity index is 951. The van der Waals surface area contributed by atoms with Crippen LogP contribution < -0.4 is 0 Å². The molecule has 2 saturated heterocycles. The van der Waals surface area contributed by atoms with E-state index in [4.69, 9.17) is 0 Å². The van der Waals surface area contributed by atoms with Gasteiger partial charge < -0.3 is 9.80 Å². The number of carbonyl (C=O) groups excluding carboxylic acids is 1. The highest BCUT2D eigenvalue weighted by Crippen LogP contribution is 2.37. The summed E-state index contributed by atoms with van der Waals surface area (Å²) in [4.78, 5) is 20.2. The van der Waals surface area contributed by atoms with Crippen molar-refractivity contribution < 1.29 is 4.79 Å². The van der Waals surface area contributed by atoms with Gasteiger partial charge in [0.05, 0.1) is 11.2 Å². The average molecular weight is 488 g/mol. The molecule has 0 N–H and O–H groups in total. The van der Waals surface area contributed by atoms with Crippen LogP contribution in [0.25, 0.3) is 0 Å². The maximum atomic E-state index is 12.6. The number of piperidine rings is 1. The minimum Gasteiger partial charge on any atom is -0.359 e. The van der Waals surface area contributed by atoms with Gasteiger partial charge in [-0.3, -0.25) is 9.69 Å². The Morgan fingerprint density at radius 3 is 1.86 bits per heavy atom. The van der Waals surface area contributed by atoms with E-state index in [0.29, 0.717) is 5.78 Å². The van der Waals surface area contributed by atoms with Crippen LogP contribution >= 0.6 is 0 Å². The molecule has 0 amide bonds. The van der Waals surface area contributed by atoms with Crippen molar-refractivity contribution in [1.82, 2.24) is 14.7 Å². The van der Waals surface area contributed by atoms with Gasteiger partial charge in [-0.2, -0.15) is 0 Å². The predicted octanol–water partition coefficient (Wildman–Crippen LogP) is 5.89. The Hall–Kier alpha value is -2.59. The van der Waals surface area contributed by atoms with E-state index in [0.717, 1.165) is 57.3 Å². The van der Waals surface area contributed by atoms with Crippen molar-refractivity contribution in [2.45, 2.75) is 70.3 Å². The van der Waals surface area contributed by atoms with Gasteiger partial charge >= 0.3 is 0 Å². The van der Waals surface area contributed by atoms with E-state index in [9.17, 15) is 4.79 Å². The predicted molar refractivity (Wildman–Crippen MR) is 150 cm³/mol. The number of piperazine rings is 1. The first-order valence-electron chi connectivity index (χ1n) is 14.1. The standard InChI is InChI=1S/C24H35N3O.C8H10/c1-20(28)24(22-8-4-3-5-9-22)12-14-25(15-13-24)21(2)26-16-18-27(19-17-26)23-10-6-7-11-23;1-2-8-6-4-3-5-7-8/h3-5,8-9,23H,2,6-7,10-19H2,1H3;3-7H,2H2,1H3. The summed E-state index contributed by atoms with van der Waals surface area (Å²) >= 11 is 0. The van der Waals surface area contributed by atoms with Crippen LogP contribution in [0.3, 0.4) is 0 Å². The monoisotopic (exact) mass is 487 g/mol. The van der Waals surface area contributed by atoms with Gasteiger partial charge in [-0.25, -0.2) is 0 Å². The van der Waals surface area contributed by atoms with Gasteiger partial charge in [0, 0.05) is 45.3 Å². The lowest BCUT2D eigenvalue weighted by atomic mass is 9.70. The van der Waals surface area contributed by atoms with Crippen LogP contribution in [0.1, 0.15) is 63.5 Å². The SMILES string of the molecule is C=C(N1CCN(C2CCCC2)CC1)N1CCC(C(C)=O)(c2ccccc2)CC1.CCc1ccccc1. The summed E-state index contributed by atoms with van der Waals surface area (Å²) in [7, 11) is 0. The van der Waals surface area contributed by atoms with E-state index in [-0.39, 0.29) is 5.41 Å². The minimum absolute atomic E-state index is 0.300. The third kappa shape index (κ3) is 6.21. The van der Waals surface area contributed by atoms with E-state index >= 15 is 0 Å². The van der Waals surface area contributed by atoms with E-state index in [1.54, 1.807) is 6.92 Å². The molecule has 2 aliphatic heterocycles. The molecule has 0 aromatic heterocycles. The number of ketones is 1. The van der Waals surface area contributed by atoms with Crippen LogP contribution in [0.15, 0.2) is 73.1 Å². The molecule has 4 heteroatoms. The molecule has 2 aromatic carbocycles. The molecule has 2 heterocycles. The quantitative estimate of drug-likeness (QED) is 0.508. The van der Waals surface area contributed by atoms with Crippen molar-refractivity contribution in [1.29, 1.82) is 0 Å². The molecule has 4 nitrogen and oxygen atoms in total. The summed E-state index contributed by atoms with van der Waals surface area (Å²) in [5.74, 6) is 1.46. The van der Waals surface area contributed by atoms with E-state index in [1.165, 1.54) is 49.9 Å². The molecule has 3 aliphatic rings. The van der Waals surface area contributed by atoms with Crippen LogP contribution in [-0.4, -0.2) is 65.8 Å². The number of Topliss-reactive ketones (excluding diaryl/α,β-unsaturated/α-hetero) is 1. The van der Waals surface area contributed by atoms with Gasteiger partial charge in [0.1, 0.15) is 5.78 Å². The lowest BCUT2D eigenvalue weighted by Crippen LogP contribution is -2.53. The number of nitrogens with zero attached hydrogens (tertiary/aromatic N) is 3. The van der Waals surface area contributed by atoms with Crippen molar-refractivity contribution >= 4 is 5.78 Å². The minimum atomic E-state index is -0.320. The van der Waals surface area contributed by atoms with Gasteiger partial charge in [0.25, 0.3) is 0 Å². The van der Waals surface area contributed by atoms with Crippen LogP contribution in [-0.2, 0) is 16.6 Å². The molecule has 0 unspecified atom stereocenters. The normalized spacial score (nSPS) is 20.5. The average Bonchev–Trinajstić information content (AvgIpc) is 3.49. The van der Waals surface area contributed by atoms with Gasteiger partial charge in [-0.1, -0.05) is 87.0 Å². The second-order valence-corrected chi connectivity index (χ2v) is 10.7. The molecule has 3 fully saturated rings. The van der Waals surface area contributed by atoms with Crippen LogP contribution in [0, 0.1) is 0 Å². The highest BCUT2D eigenvalue weighted by atomic mass is 16.1. The second-order valence-electron chi connectivity index (χ2n) is 10.7. The van der Waals surface area contributed by atoms with Crippen molar-refractivity contribution in [2.24, 2.45) is 0 Å². The Labute approximate surface area is 219 Å². The van der Waals surface area contributed by atoms with Crippen LogP contribution in [0.2, 0.25) is 0 Å². The summed E-state index contributed by atoms with van der Waals surface area (Å²) in [5.41, 5.74) is 2.27. The summed E-state index contributed by atoms with van der Waals surface area (Å²) < 4.78 is 0. The van der Waals surface area contributed by atoms with Gasteiger partial charge in [-0.05, 0) is 50.2 Å². The fourth-order valence-corrected chi connectivity index (χ4v) is 6.28. The zero-order valence-electron chi connectivity index (χ0n) is 22.5. The van der Waals surface area contributed by atoms with Crippen molar-refractivity contribution in [3.05, 3.63) is 84.2 Å². The topological polar surface area (TPSA) is 26.8 Å². The maximum absolute atomic E-state index is 12.6.